The first-order valence-corrected chi connectivity index (χ1v) is 11.1. The molecule has 170 valence electrons. The molecule has 7 heteroatoms. The molecule has 31 heavy (non-hydrogen) atoms. The van der Waals surface area contributed by atoms with Gasteiger partial charge in [0.05, 0.1) is 19.1 Å². The van der Waals surface area contributed by atoms with Gasteiger partial charge in [0, 0.05) is 36.7 Å². The highest BCUT2D eigenvalue weighted by atomic mass is 16.5. The smallest absolute Gasteiger partial charge is 0.302 e. The number of fused-ring (bicyclic) bond motifs is 5. The molecular formula is C24H32O7. The molecule has 3 aliphatic rings. The van der Waals surface area contributed by atoms with Crippen molar-refractivity contribution in [1.29, 1.82) is 0 Å². The van der Waals surface area contributed by atoms with Gasteiger partial charge < -0.3 is 19.0 Å². The van der Waals surface area contributed by atoms with E-state index in [1.54, 1.807) is 12.5 Å². The van der Waals surface area contributed by atoms with E-state index in [0.29, 0.717) is 0 Å². The number of hydrogen-bond acceptors (Lipinski definition) is 7. The van der Waals surface area contributed by atoms with Crippen LogP contribution in [0.2, 0.25) is 0 Å². The van der Waals surface area contributed by atoms with Crippen LogP contribution >= 0.6 is 0 Å². The molecule has 3 aliphatic carbocycles. The molecule has 6 unspecified atom stereocenters. The molecule has 0 bridgehead atoms. The first kappa shape index (κ1) is 22.1. The summed E-state index contributed by atoms with van der Waals surface area (Å²) < 4.78 is 16.5. The second-order valence-electron chi connectivity index (χ2n) is 10.3. The zero-order valence-electron chi connectivity index (χ0n) is 18.7. The van der Waals surface area contributed by atoms with Gasteiger partial charge >= 0.3 is 11.9 Å². The van der Waals surface area contributed by atoms with Gasteiger partial charge in [-0.25, -0.2) is 0 Å². The number of Topliss-reactive ketones (excluding diaryl/α,β-unsaturated/α-hetero) is 1. The van der Waals surface area contributed by atoms with Gasteiger partial charge in [-0.1, -0.05) is 13.8 Å². The molecule has 0 aliphatic heterocycles. The van der Waals surface area contributed by atoms with Crippen LogP contribution in [-0.4, -0.2) is 42.1 Å². The highest BCUT2D eigenvalue weighted by Crippen LogP contribution is 2.66. The van der Waals surface area contributed by atoms with Gasteiger partial charge in [0.2, 0.25) is 0 Å². The predicted octanol–water partition coefficient (Wildman–Crippen LogP) is 2.96. The number of aliphatic hydroxyl groups is 1. The van der Waals surface area contributed by atoms with E-state index in [9.17, 15) is 19.5 Å². The molecule has 6 atom stereocenters. The number of carbonyl (C=O) groups is 3. The number of carbonyl (C=O) groups excluding carboxylic acids is 3. The Kier molecular flexibility index (Phi) is 5.31. The van der Waals surface area contributed by atoms with Crippen molar-refractivity contribution in [2.75, 3.05) is 13.2 Å². The Bertz CT molecular complexity index is 903. The lowest BCUT2D eigenvalue weighted by Gasteiger charge is -2.64. The largest absolute Gasteiger partial charge is 0.472 e. The predicted molar refractivity (Wildman–Crippen MR) is 110 cm³/mol. The Balaban J connectivity index is 1.79. The quantitative estimate of drug-likeness (QED) is 0.730. The lowest BCUT2D eigenvalue weighted by Crippen LogP contribution is -2.66. The fourth-order valence-electron chi connectivity index (χ4n) is 7.24. The van der Waals surface area contributed by atoms with Crippen LogP contribution in [0.3, 0.4) is 0 Å². The summed E-state index contributed by atoms with van der Waals surface area (Å²) in [6, 6.07) is 0. The van der Waals surface area contributed by atoms with Crippen LogP contribution < -0.4 is 0 Å². The summed E-state index contributed by atoms with van der Waals surface area (Å²) in [6.45, 7) is 7.01. The van der Waals surface area contributed by atoms with E-state index in [2.05, 4.69) is 6.92 Å². The summed E-state index contributed by atoms with van der Waals surface area (Å²) in [4.78, 5) is 36.3. The van der Waals surface area contributed by atoms with Crippen LogP contribution in [-0.2, 0) is 35.7 Å². The Hall–Kier alpha value is -2.15. The molecule has 1 heterocycles. The first-order chi connectivity index (χ1) is 14.5. The summed E-state index contributed by atoms with van der Waals surface area (Å²) in [5.74, 6) is -0.915. The number of esters is 2. The number of furan rings is 1. The van der Waals surface area contributed by atoms with E-state index in [4.69, 9.17) is 13.9 Å². The summed E-state index contributed by atoms with van der Waals surface area (Å²) in [5.41, 5.74) is 0.487. The number of ketones is 1. The van der Waals surface area contributed by atoms with Crippen molar-refractivity contribution in [1.82, 2.24) is 0 Å². The van der Waals surface area contributed by atoms with Crippen molar-refractivity contribution in [3.63, 3.8) is 0 Å². The topological polar surface area (TPSA) is 103 Å². The Morgan fingerprint density at radius 1 is 1.10 bits per heavy atom. The molecule has 7 nitrogen and oxygen atoms in total. The van der Waals surface area contributed by atoms with Crippen molar-refractivity contribution in [3.8, 4) is 0 Å². The maximum absolute atomic E-state index is 13.1. The van der Waals surface area contributed by atoms with Crippen molar-refractivity contribution >= 4 is 17.7 Å². The molecule has 0 saturated heterocycles. The maximum atomic E-state index is 13.1. The number of rotatable bonds is 4. The molecule has 2 fully saturated rings. The van der Waals surface area contributed by atoms with Gasteiger partial charge in [0.25, 0.3) is 0 Å². The fourth-order valence-corrected chi connectivity index (χ4v) is 7.24. The van der Waals surface area contributed by atoms with E-state index < -0.39 is 28.3 Å². The Morgan fingerprint density at radius 3 is 2.45 bits per heavy atom. The zero-order chi connectivity index (χ0) is 22.6. The number of hydrogen-bond donors (Lipinski definition) is 1. The highest BCUT2D eigenvalue weighted by Gasteiger charge is 2.66. The molecule has 1 aromatic rings. The lowest BCUT2D eigenvalue weighted by atomic mass is 9.40. The third kappa shape index (κ3) is 3.23. The maximum Gasteiger partial charge on any atom is 0.302 e. The van der Waals surface area contributed by atoms with Gasteiger partial charge in [0.15, 0.2) is 5.78 Å². The average molecular weight is 433 g/mol. The standard InChI is InChI=1S/C24H32O7/c1-14(25)30-12-23(4)19-7-8-24(13-31-15(2)26)17-11-29-10-16(17)5-6-20(24)22(19,3)9-18(27)21(23)28/h10-11,19-21,28H,5-9,12-13H2,1-4H3. The minimum Gasteiger partial charge on any atom is -0.472 e. The van der Waals surface area contributed by atoms with Crippen LogP contribution in [0.4, 0.5) is 0 Å². The van der Waals surface area contributed by atoms with Gasteiger partial charge in [-0.3, -0.25) is 14.4 Å². The lowest BCUT2D eigenvalue weighted by molar-refractivity contribution is -0.197. The second kappa shape index (κ2) is 7.47. The average Bonchev–Trinajstić information content (AvgIpc) is 3.19. The Labute approximate surface area is 182 Å². The molecule has 0 radical (unpaired) electrons. The molecule has 0 spiro atoms. The molecule has 1 aromatic heterocycles. The van der Waals surface area contributed by atoms with E-state index in [-0.39, 0.29) is 43.2 Å². The second-order valence-corrected chi connectivity index (χ2v) is 10.3. The third-order valence-electron chi connectivity index (χ3n) is 8.52. The summed E-state index contributed by atoms with van der Waals surface area (Å²) >= 11 is 0. The van der Waals surface area contributed by atoms with Crippen LogP contribution in [0.15, 0.2) is 16.9 Å². The molecule has 1 N–H and O–H groups in total. The van der Waals surface area contributed by atoms with Crippen LogP contribution in [0, 0.1) is 22.7 Å². The molecule has 0 amide bonds. The van der Waals surface area contributed by atoms with Crippen LogP contribution in [0.1, 0.15) is 64.5 Å². The van der Waals surface area contributed by atoms with Crippen molar-refractivity contribution in [2.45, 2.75) is 71.3 Å². The van der Waals surface area contributed by atoms with Crippen molar-refractivity contribution < 1.29 is 33.4 Å². The van der Waals surface area contributed by atoms with Crippen LogP contribution in [0.5, 0.6) is 0 Å². The summed E-state index contributed by atoms with van der Waals surface area (Å²) in [6.07, 6.45) is 5.77. The van der Waals surface area contributed by atoms with Gasteiger partial charge in [-0.05, 0) is 48.5 Å². The highest BCUT2D eigenvalue weighted by molar-refractivity contribution is 5.86. The SMILES string of the molecule is CC(=O)OCC12CCC3C(C)(COC(C)=O)C(O)C(=O)CC3(C)C1CCc1cocc12. The van der Waals surface area contributed by atoms with E-state index in [1.165, 1.54) is 13.8 Å². The first-order valence-electron chi connectivity index (χ1n) is 11.1. The van der Waals surface area contributed by atoms with E-state index in [0.717, 1.165) is 36.8 Å². The number of ether oxygens (including phenoxy) is 2. The normalized spacial score (nSPS) is 39.1. The third-order valence-corrected chi connectivity index (χ3v) is 8.52. The van der Waals surface area contributed by atoms with Gasteiger partial charge in [0.1, 0.15) is 12.7 Å². The van der Waals surface area contributed by atoms with Crippen LogP contribution in [0.25, 0.3) is 0 Å². The molecule has 0 aromatic carbocycles. The van der Waals surface area contributed by atoms with E-state index in [1.807, 2.05) is 6.92 Å². The molecule has 4 rings (SSSR count). The number of aliphatic hydroxyl groups excluding tert-OH is 1. The Morgan fingerprint density at radius 2 is 1.77 bits per heavy atom. The number of aryl methyl sites for hydroxylation is 1. The molecule has 2 saturated carbocycles. The van der Waals surface area contributed by atoms with Crippen molar-refractivity contribution in [2.24, 2.45) is 22.7 Å². The molecular weight excluding hydrogens is 400 g/mol. The van der Waals surface area contributed by atoms with Gasteiger partial charge in [-0.15, -0.1) is 0 Å². The minimum atomic E-state index is -1.17. The summed E-state index contributed by atoms with van der Waals surface area (Å²) in [7, 11) is 0. The summed E-state index contributed by atoms with van der Waals surface area (Å²) in [5, 5.41) is 10.9. The van der Waals surface area contributed by atoms with Gasteiger partial charge in [-0.2, -0.15) is 0 Å². The minimum absolute atomic E-state index is 0.0100. The fraction of sp³-hybridized carbons (Fsp3) is 0.708. The van der Waals surface area contributed by atoms with E-state index >= 15 is 0 Å². The monoisotopic (exact) mass is 432 g/mol. The zero-order valence-corrected chi connectivity index (χ0v) is 18.7. The van der Waals surface area contributed by atoms with Crippen molar-refractivity contribution in [3.05, 3.63) is 23.7 Å².